The third-order valence-corrected chi connectivity index (χ3v) is 9.29. The number of nitrogens with one attached hydrogen (secondary N) is 1. The molecule has 2 amide bonds. The van der Waals surface area contributed by atoms with Gasteiger partial charge in [-0.25, -0.2) is 13.8 Å². The van der Waals surface area contributed by atoms with Gasteiger partial charge in [-0.2, -0.15) is 5.10 Å². The number of carbonyl (C=O) groups excluding carboxylic acids is 2. The van der Waals surface area contributed by atoms with Gasteiger partial charge in [-0.1, -0.05) is 18.7 Å². The maximum absolute atomic E-state index is 15.8. The molecule has 0 bridgehead atoms. The topological polar surface area (TPSA) is 89.4 Å². The van der Waals surface area contributed by atoms with Crippen LogP contribution in [0.4, 0.5) is 8.78 Å². The van der Waals surface area contributed by atoms with Crippen LogP contribution in [0.25, 0.3) is 43.9 Å². The Morgan fingerprint density at radius 3 is 2.75 bits per heavy atom. The molecule has 0 aliphatic carbocycles. The predicted molar refractivity (Wildman–Crippen MR) is 164 cm³/mol. The van der Waals surface area contributed by atoms with E-state index < -0.39 is 11.6 Å². The van der Waals surface area contributed by atoms with Crippen LogP contribution in [0.1, 0.15) is 29.8 Å². The minimum Gasteiger partial charge on any atom is -0.496 e. The Hall–Kier alpha value is -4.90. The van der Waals surface area contributed by atoms with Crippen molar-refractivity contribution in [3.8, 4) is 39.5 Å². The lowest BCUT2D eigenvalue weighted by atomic mass is 9.93. The fourth-order valence-electron chi connectivity index (χ4n) is 6.19. The number of methoxy groups -OCH3 is 1. The number of ether oxygens (including phenoxy) is 1. The summed E-state index contributed by atoms with van der Waals surface area (Å²) in [6.45, 7) is 6.90. The Balaban J connectivity index is 1.50. The molecule has 11 heteroatoms. The Bertz CT molecular complexity index is 2020. The van der Waals surface area contributed by atoms with Gasteiger partial charge in [-0.05, 0) is 47.7 Å². The molecule has 0 spiro atoms. The molecular formula is C33H27F2N5O3S. The molecule has 7 rings (SSSR count). The molecule has 2 aliphatic heterocycles. The van der Waals surface area contributed by atoms with Crippen LogP contribution < -0.4 is 10.1 Å². The number of aromatic nitrogens is 3. The molecule has 1 N–H and O–H groups in total. The molecule has 1 atom stereocenters. The number of hydrogen-bond donors (Lipinski definition) is 1. The molecule has 2 aromatic carbocycles. The summed E-state index contributed by atoms with van der Waals surface area (Å²) in [5.41, 5.74) is 5.70. The largest absolute Gasteiger partial charge is 0.496 e. The molecule has 44 heavy (non-hydrogen) atoms. The monoisotopic (exact) mass is 611 g/mol. The van der Waals surface area contributed by atoms with Gasteiger partial charge in [0.15, 0.2) is 0 Å². The minimum atomic E-state index is -0.781. The second-order valence-electron chi connectivity index (χ2n) is 10.8. The Morgan fingerprint density at radius 2 is 1.95 bits per heavy atom. The summed E-state index contributed by atoms with van der Waals surface area (Å²) in [5, 5.41) is 10.5. The highest BCUT2D eigenvalue weighted by Gasteiger charge is 2.31. The molecule has 0 fully saturated rings. The average molecular weight is 612 g/mol. The molecule has 0 radical (unpaired) electrons. The fourth-order valence-corrected chi connectivity index (χ4v) is 7.14. The summed E-state index contributed by atoms with van der Waals surface area (Å²) < 4.78 is 38.2. The van der Waals surface area contributed by atoms with E-state index in [1.807, 2.05) is 47.3 Å². The second-order valence-corrected chi connectivity index (χ2v) is 11.8. The van der Waals surface area contributed by atoms with Crippen molar-refractivity contribution in [3.05, 3.63) is 89.0 Å². The van der Waals surface area contributed by atoms with Crippen molar-refractivity contribution in [1.29, 1.82) is 0 Å². The smallest absolute Gasteiger partial charge is 0.246 e. The summed E-state index contributed by atoms with van der Waals surface area (Å²) >= 11 is 1.42. The van der Waals surface area contributed by atoms with Gasteiger partial charge in [0.1, 0.15) is 28.8 Å². The number of nitrogens with zero attached hydrogens (tertiary/aromatic N) is 4. The summed E-state index contributed by atoms with van der Waals surface area (Å²) in [5.74, 6) is -1.68. The zero-order chi connectivity index (χ0) is 30.7. The third-order valence-electron chi connectivity index (χ3n) is 8.36. The van der Waals surface area contributed by atoms with Gasteiger partial charge in [0.05, 0.1) is 43.1 Å². The van der Waals surface area contributed by atoms with E-state index in [-0.39, 0.29) is 29.2 Å². The van der Waals surface area contributed by atoms with E-state index in [1.54, 1.807) is 4.90 Å². The first-order valence-electron chi connectivity index (χ1n) is 14.1. The number of pyridine rings is 1. The van der Waals surface area contributed by atoms with Crippen LogP contribution in [0.2, 0.25) is 0 Å². The van der Waals surface area contributed by atoms with Crippen LogP contribution in [0, 0.1) is 11.6 Å². The van der Waals surface area contributed by atoms with Crippen molar-refractivity contribution in [2.75, 3.05) is 13.7 Å². The molecule has 5 heterocycles. The van der Waals surface area contributed by atoms with E-state index in [0.29, 0.717) is 48.7 Å². The zero-order valence-corrected chi connectivity index (χ0v) is 24.8. The average Bonchev–Trinajstić information content (AvgIpc) is 3.68. The van der Waals surface area contributed by atoms with Crippen molar-refractivity contribution in [2.24, 2.45) is 0 Å². The lowest BCUT2D eigenvalue weighted by molar-refractivity contribution is -0.129. The van der Waals surface area contributed by atoms with Crippen LogP contribution in [-0.4, -0.2) is 45.1 Å². The first-order valence-corrected chi connectivity index (χ1v) is 15.0. The number of amides is 2. The number of carbonyl (C=O) groups is 2. The molecule has 8 nitrogen and oxygen atoms in total. The molecule has 5 aromatic rings. The third kappa shape index (κ3) is 4.46. The van der Waals surface area contributed by atoms with E-state index >= 15 is 4.39 Å². The predicted octanol–water partition coefficient (Wildman–Crippen LogP) is 6.04. The van der Waals surface area contributed by atoms with Crippen molar-refractivity contribution < 1.29 is 23.1 Å². The van der Waals surface area contributed by atoms with Gasteiger partial charge >= 0.3 is 0 Å². The second kappa shape index (κ2) is 10.7. The maximum atomic E-state index is 15.8. The van der Waals surface area contributed by atoms with E-state index in [1.165, 1.54) is 24.5 Å². The van der Waals surface area contributed by atoms with Crippen LogP contribution in [0.5, 0.6) is 5.75 Å². The molecular weight excluding hydrogens is 584 g/mol. The lowest BCUT2D eigenvalue weighted by Gasteiger charge is -2.33. The fraction of sp³-hybridized carbons (Fsp3) is 0.212. The van der Waals surface area contributed by atoms with Gasteiger partial charge in [-0.15, -0.1) is 11.3 Å². The summed E-state index contributed by atoms with van der Waals surface area (Å²) in [7, 11) is 1.37. The quantitative estimate of drug-likeness (QED) is 0.245. The van der Waals surface area contributed by atoms with Crippen LogP contribution in [0.15, 0.2) is 60.5 Å². The summed E-state index contributed by atoms with van der Waals surface area (Å²) in [6, 6.07) is 11.4. The van der Waals surface area contributed by atoms with E-state index in [2.05, 4.69) is 11.9 Å². The first-order chi connectivity index (χ1) is 21.3. The van der Waals surface area contributed by atoms with E-state index in [4.69, 9.17) is 14.8 Å². The highest BCUT2D eigenvalue weighted by molar-refractivity contribution is 7.18. The molecule has 3 aromatic heterocycles. The van der Waals surface area contributed by atoms with Crippen LogP contribution in [-0.2, 0) is 29.1 Å². The molecule has 1 unspecified atom stereocenters. The summed E-state index contributed by atoms with van der Waals surface area (Å²) in [6.07, 6.45) is 1.61. The van der Waals surface area contributed by atoms with Gasteiger partial charge in [0.2, 0.25) is 11.8 Å². The van der Waals surface area contributed by atoms with Gasteiger partial charge in [-0.3, -0.25) is 14.3 Å². The summed E-state index contributed by atoms with van der Waals surface area (Å²) in [4.78, 5) is 31.4. The SMILES string of the molecule is C=CC(=O)N1CCn2nc(-c3nc(-c4ccc5c(c4)CNC(=O)C5)c4ccsc4c3-c3c(F)cc(F)cc3OC)cc2C1C. The highest BCUT2D eigenvalue weighted by Crippen LogP contribution is 2.47. The Kier molecular flexibility index (Phi) is 6.77. The standard InChI is InChI=1S/C33H27F2N5O3S/c1-4-28(42)39-8-9-40-25(17(39)2)15-24(38-40)32-30(29-23(35)13-21(34)14-26(29)43-3)33-22(7-10-44-33)31(37-32)19-6-5-18-12-27(41)36-16-20(18)11-19/h4-7,10-11,13-15,17H,1,8-9,12,16H2,2-3H3,(H,36,41). The number of rotatable bonds is 5. The van der Waals surface area contributed by atoms with Crippen LogP contribution in [0.3, 0.4) is 0 Å². The van der Waals surface area contributed by atoms with Crippen molar-refractivity contribution in [3.63, 3.8) is 0 Å². The highest BCUT2D eigenvalue weighted by atomic mass is 32.1. The molecule has 2 aliphatic rings. The Labute approximate surface area is 255 Å². The number of hydrogen-bond acceptors (Lipinski definition) is 6. The van der Waals surface area contributed by atoms with Crippen molar-refractivity contribution >= 4 is 33.2 Å². The van der Waals surface area contributed by atoms with Crippen LogP contribution >= 0.6 is 11.3 Å². The van der Waals surface area contributed by atoms with Gasteiger partial charge < -0.3 is 15.0 Å². The number of fused-ring (bicyclic) bond motifs is 3. The zero-order valence-electron chi connectivity index (χ0n) is 24.0. The Morgan fingerprint density at radius 1 is 1.11 bits per heavy atom. The van der Waals surface area contributed by atoms with Crippen molar-refractivity contribution in [2.45, 2.75) is 32.5 Å². The minimum absolute atomic E-state index is 0.0168. The molecule has 0 saturated carbocycles. The van der Waals surface area contributed by atoms with Gasteiger partial charge in [0, 0.05) is 46.4 Å². The normalized spacial score (nSPS) is 16.0. The number of halogens is 2. The van der Waals surface area contributed by atoms with Gasteiger partial charge in [0.25, 0.3) is 0 Å². The molecule has 0 saturated heterocycles. The number of benzene rings is 2. The molecule has 222 valence electrons. The lowest BCUT2D eigenvalue weighted by Crippen LogP contribution is -2.40. The van der Waals surface area contributed by atoms with E-state index in [0.717, 1.165) is 44.6 Å². The van der Waals surface area contributed by atoms with Crippen molar-refractivity contribution in [1.82, 2.24) is 25.0 Å². The maximum Gasteiger partial charge on any atom is 0.246 e. The van der Waals surface area contributed by atoms with E-state index in [9.17, 15) is 14.0 Å². The number of thiophene rings is 1. The first kappa shape index (κ1) is 27.9.